The molecule has 1 unspecified atom stereocenters. The van der Waals surface area contributed by atoms with E-state index in [1.165, 1.54) is 4.57 Å². The van der Waals surface area contributed by atoms with Gasteiger partial charge >= 0.3 is 11.9 Å². The minimum absolute atomic E-state index is 0.266. The third-order valence-electron chi connectivity index (χ3n) is 5.70. The standard InChI is InChI=1S/C22H24N6O3/c1-22(2)10-19-27-17(6-8-28(19)21(29)31-22)26-18-9-13-14(16-5-4-7-23-16)11-25-20(30-3)15(13)12-24-18/h6,8-9,11-12,16,23H,4-5,7,10H2,1-3H3/p+1. The zero-order valence-electron chi connectivity index (χ0n) is 17.8. The van der Waals surface area contributed by atoms with Crippen molar-refractivity contribution in [3.05, 3.63) is 42.1 Å². The minimum atomic E-state index is -0.587. The van der Waals surface area contributed by atoms with E-state index < -0.39 is 11.7 Å². The molecule has 2 N–H and O–H groups in total. The van der Waals surface area contributed by atoms with Crippen molar-refractivity contribution in [1.82, 2.24) is 20.3 Å². The Hall–Kier alpha value is -3.33. The molecule has 0 amide bonds. The molecule has 0 spiro atoms. The quantitative estimate of drug-likeness (QED) is 0.620. The van der Waals surface area contributed by atoms with Gasteiger partial charge in [-0.1, -0.05) is 0 Å². The number of cyclic esters (lactones) is 1. The van der Waals surface area contributed by atoms with E-state index in [0.717, 1.165) is 35.7 Å². The van der Waals surface area contributed by atoms with Crippen LogP contribution < -0.4 is 19.9 Å². The highest BCUT2D eigenvalue weighted by Crippen LogP contribution is 2.34. The first kappa shape index (κ1) is 19.6. The van der Waals surface area contributed by atoms with Crippen molar-refractivity contribution < 1.29 is 18.8 Å². The average molecular weight is 421 g/mol. The summed E-state index contributed by atoms with van der Waals surface area (Å²) in [5.41, 5.74) is 0.550. The second kappa shape index (κ2) is 7.42. The molecule has 3 aromatic heterocycles. The average Bonchev–Trinajstić information content (AvgIpc) is 3.26. The summed E-state index contributed by atoms with van der Waals surface area (Å²) in [5.74, 6) is 2.48. The summed E-state index contributed by atoms with van der Waals surface area (Å²) in [4.78, 5) is 25.8. The summed E-state index contributed by atoms with van der Waals surface area (Å²) in [6.07, 6.45) is 7.66. The third kappa shape index (κ3) is 3.65. The lowest BCUT2D eigenvalue weighted by atomic mass is 10.0. The summed E-state index contributed by atoms with van der Waals surface area (Å²) in [6.45, 7) is 4.76. The van der Waals surface area contributed by atoms with Crippen LogP contribution in [0.25, 0.3) is 10.8 Å². The minimum Gasteiger partial charge on any atom is -0.481 e. The lowest BCUT2D eigenvalue weighted by molar-refractivity contribution is -0.610. The molecule has 3 aromatic rings. The van der Waals surface area contributed by atoms with Gasteiger partial charge in [-0.3, -0.25) is 0 Å². The van der Waals surface area contributed by atoms with E-state index in [1.807, 2.05) is 26.1 Å². The number of carbonyl (C=O) groups is 1. The molecule has 0 aromatic carbocycles. The van der Waals surface area contributed by atoms with Gasteiger partial charge in [-0.2, -0.15) is 4.79 Å². The molecule has 1 saturated heterocycles. The fourth-order valence-corrected chi connectivity index (χ4v) is 4.25. The predicted octanol–water partition coefficient (Wildman–Crippen LogP) is 2.81. The SMILES string of the molecule is COc1ncc(C2CCCN2)c2cc(Nc3cc[n+]4c(n3)CC(C)(C)OC4=O)ncc12. The maximum absolute atomic E-state index is 12.2. The number of carbonyl (C=O) groups excluding carboxylic acids is 1. The molecule has 1 fully saturated rings. The van der Waals surface area contributed by atoms with Crippen LogP contribution in [-0.2, 0) is 11.2 Å². The van der Waals surface area contributed by atoms with Gasteiger partial charge in [0.15, 0.2) is 0 Å². The molecule has 0 radical (unpaired) electrons. The van der Waals surface area contributed by atoms with Crippen LogP contribution in [0.4, 0.5) is 16.4 Å². The Labute approximate surface area is 179 Å². The molecular weight excluding hydrogens is 396 g/mol. The molecule has 160 valence electrons. The molecule has 1 atom stereocenters. The van der Waals surface area contributed by atoms with Crippen LogP contribution in [-0.4, -0.2) is 40.3 Å². The molecule has 5 rings (SSSR count). The Bertz CT molecular complexity index is 1170. The highest BCUT2D eigenvalue weighted by Gasteiger charge is 2.39. The zero-order chi connectivity index (χ0) is 21.6. The smallest absolute Gasteiger partial charge is 0.481 e. The van der Waals surface area contributed by atoms with Crippen molar-refractivity contribution in [2.24, 2.45) is 0 Å². The predicted molar refractivity (Wildman–Crippen MR) is 113 cm³/mol. The fraction of sp³-hybridized carbons (Fsp3) is 0.409. The van der Waals surface area contributed by atoms with Gasteiger partial charge in [0.1, 0.15) is 17.6 Å². The summed E-state index contributed by atoms with van der Waals surface area (Å²) in [5, 5.41) is 8.73. The number of hydrogen-bond donors (Lipinski definition) is 2. The molecule has 0 bridgehead atoms. The van der Waals surface area contributed by atoms with Gasteiger partial charge in [0.25, 0.3) is 0 Å². The number of fused-ring (bicyclic) bond motifs is 2. The van der Waals surface area contributed by atoms with E-state index in [-0.39, 0.29) is 6.04 Å². The van der Waals surface area contributed by atoms with Gasteiger partial charge in [-0.15, -0.1) is 4.57 Å². The van der Waals surface area contributed by atoms with Crippen LogP contribution in [0.2, 0.25) is 0 Å². The fourth-order valence-electron chi connectivity index (χ4n) is 4.25. The Kier molecular flexibility index (Phi) is 4.70. The highest BCUT2D eigenvalue weighted by molar-refractivity contribution is 5.91. The van der Waals surface area contributed by atoms with Gasteiger partial charge in [-0.05, 0) is 55.2 Å². The summed E-state index contributed by atoms with van der Waals surface area (Å²) in [6, 6.07) is 4.01. The number of ether oxygens (including phenoxy) is 2. The van der Waals surface area contributed by atoms with Crippen LogP contribution in [0.1, 0.15) is 44.1 Å². The topological polar surface area (TPSA) is 102 Å². The van der Waals surface area contributed by atoms with Crippen LogP contribution in [0.3, 0.4) is 0 Å². The summed E-state index contributed by atoms with van der Waals surface area (Å²) in [7, 11) is 1.61. The van der Waals surface area contributed by atoms with Gasteiger partial charge in [0, 0.05) is 24.5 Å². The molecule has 31 heavy (non-hydrogen) atoms. The van der Waals surface area contributed by atoms with E-state index in [2.05, 4.69) is 25.6 Å². The van der Waals surface area contributed by atoms with Gasteiger partial charge < -0.3 is 20.1 Å². The van der Waals surface area contributed by atoms with Gasteiger partial charge in [-0.25, -0.2) is 9.97 Å². The molecule has 0 saturated carbocycles. The molecule has 5 heterocycles. The van der Waals surface area contributed by atoms with E-state index in [0.29, 0.717) is 29.8 Å². The molecular formula is C22H25N6O3+. The number of anilines is 2. The maximum atomic E-state index is 12.2. The van der Waals surface area contributed by atoms with Crippen LogP contribution in [0.15, 0.2) is 30.7 Å². The van der Waals surface area contributed by atoms with Crippen molar-refractivity contribution in [2.75, 3.05) is 19.0 Å². The van der Waals surface area contributed by atoms with Crippen molar-refractivity contribution in [3.63, 3.8) is 0 Å². The first-order valence-electron chi connectivity index (χ1n) is 10.4. The molecule has 9 nitrogen and oxygen atoms in total. The summed E-state index contributed by atoms with van der Waals surface area (Å²) < 4.78 is 12.3. The normalized spacial score (nSPS) is 19.7. The first-order chi connectivity index (χ1) is 14.9. The number of rotatable bonds is 4. The van der Waals surface area contributed by atoms with Crippen LogP contribution in [0.5, 0.6) is 5.88 Å². The Balaban J connectivity index is 1.51. The number of hydrogen-bond acceptors (Lipinski definition) is 8. The van der Waals surface area contributed by atoms with E-state index >= 15 is 0 Å². The number of nitrogens with zero attached hydrogens (tertiary/aromatic N) is 4. The van der Waals surface area contributed by atoms with E-state index in [9.17, 15) is 4.79 Å². The molecule has 2 aliphatic rings. The largest absolute Gasteiger partial charge is 0.512 e. The molecule has 9 heteroatoms. The van der Waals surface area contributed by atoms with Crippen molar-refractivity contribution in [3.8, 4) is 5.88 Å². The zero-order valence-corrected chi connectivity index (χ0v) is 17.8. The second-order valence-corrected chi connectivity index (χ2v) is 8.52. The lowest BCUT2D eigenvalue weighted by Crippen LogP contribution is -2.57. The molecule has 2 aliphatic heterocycles. The monoisotopic (exact) mass is 421 g/mol. The van der Waals surface area contributed by atoms with Gasteiger partial charge in [0.05, 0.1) is 18.9 Å². The van der Waals surface area contributed by atoms with Crippen LogP contribution >= 0.6 is 0 Å². The van der Waals surface area contributed by atoms with Crippen molar-refractivity contribution in [2.45, 2.75) is 44.8 Å². The van der Waals surface area contributed by atoms with Crippen molar-refractivity contribution in [1.29, 1.82) is 0 Å². The maximum Gasteiger partial charge on any atom is 0.512 e. The number of aromatic nitrogens is 4. The summed E-state index contributed by atoms with van der Waals surface area (Å²) >= 11 is 0. The number of nitrogens with one attached hydrogen (secondary N) is 2. The Morgan fingerprint density at radius 1 is 1.26 bits per heavy atom. The lowest BCUT2D eigenvalue weighted by Gasteiger charge is -2.26. The van der Waals surface area contributed by atoms with Gasteiger partial charge in [0.2, 0.25) is 11.7 Å². The molecule has 0 aliphatic carbocycles. The second-order valence-electron chi connectivity index (χ2n) is 8.52. The Morgan fingerprint density at radius 2 is 2.13 bits per heavy atom. The Morgan fingerprint density at radius 3 is 2.90 bits per heavy atom. The third-order valence-corrected chi connectivity index (χ3v) is 5.70. The first-order valence-corrected chi connectivity index (χ1v) is 10.4. The van der Waals surface area contributed by atoms with Crippen molar-refractivity contribution >= 4 is 28.5 Å². The number of pyridine rings is 2. The number of methoxy groups -OCH3 is 1. The van der Waals surface area contributed by atoms with E-state index in [1.54, 1.807) is 25.6 Å². The van der Waals surface area contributed by atoms with E-state index in [4.69, 9.17) is 9.47 Å². The van der Waals surface area contributed by atoms with Crippen LogP contribution in [0, 0.1) is 0 Å². The highest BCUT2D eigenvalue weighted by atomic mass is 16.6.